The molecule has 76 heavy (non-hydrogen) atoms. The van der Waals surface area contributed by atoms with Gasteiger partial charge in [-0.15, -0.1) is 0 Å². The maximum absolute atomic E-state index is 13.0. The summed E-state index contributed by atoms with van der Waals surface area (Å²) in [4.78, 5) is 25.1. The molecule has 6 N–H and O–H groups in total. The van der Waals surface area contributed by atoms with Gasteiger partial charge < -0.3 is 45.1 Å². The predicted molar refractivity (Wildman–Crippen MR) is 315 cm³/mol. The van der Waals surface area contributed by atoms with Crippen molar-refractivity contribution in [1.82, 2.24) is 5.32 Å². The summed E-state index contributed by atoms with van der Waals surface area (Å²) in [7, 11) is 0. The third kappa shape index (κ3) is 44.0. The van der Waals surface area contributed by atoms with E-state index in [-0.39, 0.29) is 18.5 Å². The van der Waals surface area contributed by atoms with Crippen LogP contribution in [0.1, 0.15) is 316 Å². The summed E-state index contributed by atoms with van der Waals surface area (Å²) in [5.74, 6) is -0.186. The lowest BCUT2D eigenvalue weighted by atomic mass is 9.99. The van der Waals surface area contributed by atoms with Crippen LogP contribution in [0.2, 0.25) is 0 Å². The van der Waals surface area contributed by atoms with Crippen LogP contribution in [0, 0.1) is 0 Å². The van der Waals surface area contributed by atoms with Crippen molar-refractivity contribution in [3.05, 3.63) is 24.3 Å². The Balaban J connectivity index is 2.02. The number of hydrogen-bond donors (Lipinski definition) is 6. The number of allylic oxidation sites excluding steroid dienone is 3. The molecular weight excluding hydrogens is 955 g/mol. The molecule has 0 saturated carbocycles. The smallest absolute Gasteiger partial charge is 0.305 e. The third-order valence-electron chi connectivity index (χ3n) is 15.6. The number of unbranched alkanes of at least 4 members (excludes halogenated alkanes) is 41. The Morgan fingerprint density at radius 3 is 1.30 bits per heavy atom. The van der Waals surface area contributed by atoms with Crippen LogP contribution in [0.15, 0.2) is 24.3 Å². The summed E-state index contributed by atoms with van der Waals surface area (Å²) in [5, 5.41) is 54.4. The highest BCUT2D eigenvalue weighted by molar-refractivity contribution is 5.76. The quantitative estimate of drug-likeness (QED) is 0.0195. The number of rotatable bonds is 57. The van der Waals surface area contributed by atoms with Crippen LogP contribution in [-0.4, -0.2) is 100 Å². The molecule has 11 nitrogen and oxygen atoms in total. The number of amides is 1. The van der Waals surface area contributed by atoms with Gasteiger partial charge in [-0.2, -0.15) is 0 Å². The fraction of sp³-hybridized carbons (Fsp3) is 0.908. The summed E-state index contributed by atoms with van der Waals surface area (Å²) in [6.07, 6.45) is 57.2. The van der Waals surface area contributed by atoms with E-state index < -0.39 is 49.5 Å². The predicted octanol–water partition coefficient (Wildman–Crippen LogP) is 15.7. The molecule has 0 aromatic carbocycles. The molecule has 7 atom stereocenters. The van der Waals surface area contributed by atoms with Crippen molar-refractivity contribution in [1.29, 1.82) is 0 Å². The molecule has 1 saturated heterocycles. The van der Waals surface area contributed by atoms with Gasteiger partial charge in [-0.3, -0.25) is 9.59 Å². The van der Waals surface area contributed by atoms with Crippen LogP contribution in [0.5, 0.6) is 0 Å². The Morgan fingerprint density at radius 2 is 0.855 bits per heavy atom. The maximum atomic E-state index is 13.0. The lowest BCUT2D eigenvalue weighted by molar-refractivity contribution is -0.302. The first-order valence-electron chi connectivity index (χ1n) is 32.6. The van der Waals surface area contributed by atoms with Crippen molar-refractivity contribution in [3.8, 4) is 0 Å². The lowest BCUT2D eigenvalue weighted by Crippen LogP contribution is -2.60. The van der Waals surface area contributed by atoms with Gasteiger partial charge in [0.05, 0.1) is 32.0 Å². The van der Waals surface area contributed by atoms with E-state index in [2.05, 4.69) is 31.3 Å². The molecule has 0 spiro atoms. The van der Waals surface area contributed by atoms with Crippen molar-refractivity contribution in [2.75, 3.05) is 19.8 Å². The van der Waals surface area contributed by atoms with Crippen LogP contribution >= 0.6 is 0 Å². The molecular formula is C65H123NO10. The first-order chi connectivity index (χ1) is 37.2. The molecule has 0 bridgehead atoms. The Morgan fingerprint density at radius 1 is 0.474 bits per heavy atom. The Hall–Kier alpha value is -1.86. The maximum Gasteiger partial charge on any atom is 0.305 e. The highest BCUT2D eigenvalue weighted by atomic mass is 16.7. The van der Waals surface area contributed by atoms with E-state index in [1.54, 1.807) is 6.08 Å². The number of aliphatic hydroxyl groups is 5. The molecule has 1 rings (SSSR count). The van der Waals surface area contributed by atoms with Crippen LogP contribution in [-0.2, 0) is 23.8 Å². The van der Waals surface area contributed by atoms with Crippen molar-refractivity contribution in [2.45, 2.75) is 358 Å². The molecule has 11 heteroatoms. The number of hydrogen-bond acceptors (Lipinski definition) is 10. The van der Waals surface area contributed by atoms with Gasteiger partial charge in [0.2, 0.25) is 5.91 Å². The van der Waals surface area contributed by atoms with E-state index in [0.717, 1.165) is 57.8 Å². The first-order valence-corrected chi connectivity index (χ1v) is 32.6. The van der Waals surface area contributed by atoms with Crippen LogP contribution < -0.4 is 5.32 Å². The number of nitrogens with one attached hydrogen (secondary N) is 1. The minimum Gasteiger partial charge on any atom is -0.466 e. The molecule has 0 aromatic heterocycles. The van der Waals surface area contributed by atoms with Gasteiger partial charge in [-0.25, -0.2) is 0 Å². The monoisotopic (exact) mass is 1080 g/mol. The zero-order valence-corrected chi connectivity index (χ0v) is 49.5. The van der Waals surface area contributed by atoms with Crippen molar-refractivity contribution in [2.24, 2.45) is 0 Å². The molecule has 1 aliphatic rings. The normalized spacial score (nSPS) is 18.8. The number of carbonyl (C=O) groups is 2. The van der Waals surface area contributed by atoms with Gasteiger partial charge in [0.15, 0.2) is 6.29 Å². The highest BCUT2D eigenvalue weighted by Gasteiger charge is 2.44. The molecule has 448 valence electrons. The van der Waals surface area contributed by atoms with E-state index >= 15 is 0 Å². The average molecular weight is 1080 g/mol. The third-order valence-corrected chi connectivity index (χ3v) is 15.6. The molecule has 1 amide bonds. The van der Waals surface area contributed by atoms with Gasteiger partial charge in [0.1, 0.15) is 24.4 Å². The summed E-state index contributed by atoms with van der Waals surface area (Å²) in [6, 6.07) is -0.826. The largest absolute Gasteiger partial charge is 0.466 e. The van der Waals surface area contributed by atoms with Gasteiger partial charge >= 0.3 is 5.97 Å². The van der Waals surface area contributed by atoms with Crippen molar-refractivity contribution in [3.63, 3.8) is 0 Å². The number of carbonyl (C=O) groups excluding carboxylic acids is 2. The second-order valence-corrected chi connectivity index (χ2v) is 22.8. The minimum absolute atomic E-state index is 0.00397. The summed E-state index contributed by atoms with van der Waals surface area (Å²) in [5.41, 5.74) is 0. The SMILES string of the molecule is CCCCCCCCC/C=C/CC/C=C/C(O)C(COC1OC(CO)C(O)C(O)C1O)NC(=O)CCCCCCCCCCCCCCCCCCCCCCCCCCOC(=O)CCCCCCCCCCCCC. The molecule has 1 aliphatic heterocycles. The van der Waals surface area contributed by atoms with Gasteiger partial charge in [-0.05, 0) is 44.9 Å². The van der Waals surface area contributed by atoms with Gasteiger partial charge in [0, 0.05) is 12.8 Å². The molecule has 1 fully saturated rings. The Bertz CT molecular complexity index is 1310. The topological polar surface area (TPSA) is 175 Å². The van der Waals surface area contributed by atoms with Crippen molar-refractivity contribution < 1.29 is 49.3 Å². The van der Waals surface area contributed by atoms with Crippen LogP contribution in [0.4, 0.5) is 0 Å². The molecule has 0 aliphatic carbocycles. The summed E-state index contributed by atoms with van der Waals surface area (Å²) >= 11 is 0. The fourth-order valence-corrected chi connectivity index (χ4v) is 10.4. The molecule has 1 heterocycles. The average Bonchev–Trinajstić information content (AvgIpc) is 3.42. The zero-order valence-electron chi connectivity index (χ0n) is 49.5. The second-order valence-electron chi connectivity index (χ2n) is 22.8. The summed E-state index contributed by atoms with van der Waals surface area (Å²) in [6.45, 7) is 4.34. The lowest BCUT2D eigenvalue weighted by Gasteiger charge is -2.40. The van der Waals surface area contributed by atoms with E-state index in [4.69, 9.17) is 14.2 Å². The summed E-state index contributed by atoms with van der Waals surface area (Å²) < 4.78 is 16.7. The number of ether oxygens (including phenoxy) is 3. The van der Waals surface area contributed by atoms with E-state index in [0.29, 0.717) is 19.4 Å². The van der Waals surface area contributed by atoms with Crippen LogP contribution in [0.25, 0.3) is 0 Å². The van der Waals surface area contributed by atoms with Gasteiger partial charge in [-0.1, -0.05) is 282 Å². The molecule has 0 radical (unpaired) electrons. The Kier molecular flexibility index (Phi) is 52.3. The standard InChI is InChI=1S/C65H123NO10/c1-3-5-7-9-11-13-15-28-32-35-39-43-47-51-58(68)57(56-75-65-64(73)63(72)62(71)59(55-67)76-65)66-60(69)52-48-44-40-36-33-29-26-24-22-20-18-16-17-19-21-23-25-27-30-34-38-42-46-50-54-74-61(70)53-49-45-41-37-31-14-12-10-8-6-4-2/h32,35,47,51,57-59,62-65,67-68,71-73H,3-31,33-34,36-46,48-50,52-56H2,1-2H3,(H,66,69)/b35-32+,51-47+. The highest BCUT2D eigenvalue weighted by Crippen LogP contribution is 2.23. The zero-order chi connectivity index (χ0) is 55.2. The number of esters is 1. The Labute approximate surface area is 467 Å². The van der Waals surface area contributed by atoms with E-state index in [1.165, 1.54) is 231 Å². The second kappa shape index (κ2) is 55.1. The molecule has 0 aromatic rings. The van der Waals surface area contributed by atoms with Crippen LogP contribution in [0.3, 0.4) is 0 Å². The van der Waals surface area contributed by atoms with Crippen molar-refractivity contribution >= 4 is 11.9 Å². The minimum atomic E-state index is -1.58. The number of aliphatic hydroxyl groups excluding tert-OH is 5. The first kappa shape index (κ1) is 72.2. The van der Waals surface area contributed by atoms with E-state index in [9.17, 15) is 35.1 Å². The van der Waals surface area contributed by atoms with Gasteiger partial charge in [0.25, 0.3) is 0 Å². The fourth-order valence-electron chi connectivity index (χ4n) is 10.4. The van der Waals surface area contributed by atoms with E-state index in [1.807, 2.05) is 6.08 Å². The molecule has 7 unspecified atom stereocenters.